The highest BCUT2D eigenvalue weighted by Gasteiger charge is 2.16. The molecule has 1 amide bonds. The Hall–Kier alpha value is -3.42. The molecule has 0 aliphatic carbocycles. The van der Waals surface area contributed by atoms with Crippen molar-refractivity contribution in [2.45, 2.75) is 0 Å². The summed E-state index contributed by atoms with van der Waals surface area (Å²) < 4.78 is 10.3. The average Bonchev–Trinajstić information content (AvgIpc) is 3.02. The lowest BCUT2D eigenvalue weighted by Crippen LogP contribution is -2.17. The molecule has 2 aromatic carbocycles. The molecule has 0 fully saturated rings. The lowest BCUT2D eigenvalue weighted by molar-refractivity contribution is -0.385. The van der Waals surface area contributed by atoms with Crippen molar-refractivity contribution in [3.8, 4) is 11.5 Å². The molecule has 116 valence electrons. The van der Waals surface area contributed by atoms with Crippen molar-refractivity contribution in [1.29, 1.82) is 0 Å². The molecule has 23 heavy (non-hydrogen) atoms. The zero-order valence-electron chi connectivity index (χ0n) is 11.8. The predicted octanol–water partition coefficient (Wildman–Crippen LogP) is 2.09. The zero-order valence-corrected chi connectivity index (χ0v) is 11.8. The lowest BCUT2D eigenvalue weighted by atomic mass is 10.2. The number of amides is 1. The van der Waals surface area contributed by atoms with Gasteiger partial charge in [-0.25, -0.2) is 5.43 Å². The molecule has 0 unspecified atom stereocenters. The fourth-order valence-corrected chi connectivity index (χ4v) is 2.03. The molecule has 0 spiro atoms. The summed E-state index contributed by atoms with van der Waals surface area (Å²) in [5.41, 5.74) is 2.86. The molecule has 0 saturated carbocycles. The van der Waals surface area contributed by atoms with Crippen LogP contribution in [-0.4, -0.2) is 23.8 Å². The number of rotatable bonds is 4. The highest BCUT2D eigenvalue weighted by Crippen LogP contribution is 2.32. The molecular formula is C15H11N3O5. The Morgan fingerprint density at radius 3 is 2.83 bits per heavy atom. The highest BCUT2D eigenvalue weighted by atomic mass is 16.7. The summed E-state index contributed by atoms with van der Waals surface area (Å²) in [4.78, 5) is 22.4. The largest absolute Gasteiger partial charge is 0.454 e. The number of hydrogen-bond donors (Lipinski definition) is 1. The normalized spacial score (nSPS) is 12.3. The van der Waals surface area contributed by atoms with Gasteiger partial charge in [0.25, 0.3) is 11.6 Å². The monoisotopic (exact) mass is 313 g/mol. The van der Waals surface area contributed by atoms with Crippen molar-refractivity contribution in [3.63, 3.8) is 0 Å². The molecule has 0 aromatic heterocycles. The average molecular weight is 313 g/mol. The Bertz CT molecular complexity index is 803. The van der Waals surface area contributed by atoms with E-state index in [9.17, 15) is 14.9 Å². The number of hydrogen-bond acceptors (Lipinski definition) is 6. The first-order valence-electron chi connectivity index (χ1n) is 6.61. The van der Waals surface area contributed by atoms with Crippen LogP contribution in [0.15, 0.2) is 47.6 Å². The maximum absolute atomic E-state index is 12.0. The van der Waals surface area contributed by atoms with Crippen molar-refractivity contribution in [2.75, 3.05) is 6.79 Å². The number of carbonyl (C=O) groups is 1. The van der Waals surface area contributed by atoms with Gasteiger partial charge in [-0.15, -0.1) is 0 Å². The molecule has 1 aliphatic rings. The van der Waals surface area contributed by atoms with Gasteiger partial charge >= 0.3 is 0 Å². The molecule has 0 atom stereocenters. The predicted molar refractivity (Wildman–Crippen MR) is 80.7 cm³/mol. The standard InChI is InChI=1S/C15H11N3O5/c19-15(10-5-6-13-14(7-10)23-9-22-13)17-16-8-11-3-1-2-4-12(11)18(20)21/h1-8H,9H2,(H,17,19)/b16-8-. The minimum atomic E-state index is -0.513. The number of ether oxygens (including phenoxy) is 2. The van der Waals surface area contributed by atoms with Gasteiger partial charge in [-0.3, -0.25) is 14.9 Å². The van der Waals surface area contributed by atoms with E-state index in [1.807, 2.05) is 0 Å². The Kier molecular flexibility index (Phi) is 3.88. The Morgan fingerprint density at radius 2 is 2.00 bits per heavy atom. The molecule has 2 aromatic rings. The van der Waals surface area contributed by atoms with Gasteiger partial charge < -0.3 is 9.47 Å². The second-order valence-corrected chi connectivity index (χ2v) is 4.58. The summed E-state index contributed by atoms with van der Waals surface area (Å²) in [6.45, 7) is 0.121. The SMILES string of the molecule is O=C(N/N=C\c1ccccc1[N+](=O)[O-])c1ccc2c(c1)OCO2. The van der Waals surface area contributed by atoms with Gasteiger partial charge in [0, 0.05) is 11.6 Å². The van der Waals surface area contributed by atoms with Gasteiger partial charge in [0.15, 0.2) is 11.5 Å². The minimum absolute atomic E-state index is 0.0893. The number of hydrazone groups is 1. The van der Waals surface area contributed by atoms with Crippen LogP contribution in [0, 0.1) is 10.1 Å². The van der Waals surface area contributed by atoms with Crippen LogP contribution < -0.4 is 14.9 Å². The molecule has 8 heteroatoms. The summed E-state index contributed by atoms with van der Waals surface area (Å²) in [6.07, 6.45) is 1.23. The third-order valence-corrected chi connectivity index (χ3v) is 3.14. The molecule has 8 nitrogen and oxygen atoms in total. The number of nitro benzene ring substituents is 1. The van der Waals surface area contributed by atoms with E-state index in [2.05, 4.69) is 10.5 Å². The fourth-order valence-electron chi connectivity index (χ4n) is 2.03. The maximum Gasteiger partial charge on any atom is 0.278 e. The van der Waals surface area contributed by atoms with E-state index in [1.54, 1.807) is 24.3 Å². The first-order valence-corrected chi connectivity index (χ1v) is 6.61. The molecule has 0 saturated heterocycles. The number of benzene rings is 2. The van der Waals surface area contributed by atoms with Crippen LogP contribution in [0.2, 0.25) is 0 Å². The molecule has 3 rings (SSSR count). The van der Waals surface area contributed by atoms with Crippen LogP contribution in [0.3, 0.4) is 0 Å². The Balaban J connectivity index is 1.71. The van der Waals surface area contributed by atoms with Crippen LogP contribution in [-0.2, 0) is 0 Å². The summed E-state index contributed by atoms with van der Waals surface area (Å²) in [7, 11) is 0. The number of nitrogens with one attached hydrogen (secondary N) is 1. The summed E-state index contributed by atoms with van der Waals surface area (Å²) in [6, 6.07) is 10.8. The minimum Gasteiger partial charge on any atom is -0.454 e. The fraction of sp³-hybridized carbons (Fsp3) is 0.0667. The topological polar surface area (TPSA) is 103 Å². The Morgan fingerprint density at radius 1 is 1.22 bits per heavy atom. The van der Waals surface area contributed by atoms with E-state index in [1.165, 1.54) is 24.4 Å². The molecular weight excluding hydrogens is 302 g/mol. The van der Waals surface area contributed by atoms with Crippen LogP contribution in [0.1, 0.15) is 15.9 Å². The maximum atomic E-state index is 12.0. The van der Waals surface area contributed by atoms with Crippen molar-refractivity contribution in [2.24, 2.45) is 5.10 Å². The van der Waals surface area contributed by atoms with E-state index < -0.39 is 10.8 Å². The molecule has 1 N–H and O–H groups in total. The number of carbonyl (C=O) groups excluding carboxylic acids is 1. The van der Waals surface area contributed by atoms with Crippen molar-refractivity contribution >= 4 is 17.8 Å². The molecule has 0 radical (unpaired) electrons. The second kappa shape index (κ2) is 6.14. The number of nitro groups is 1. The van der Waals surface area contributed by atoms with Crippen LogP contribution in [0.25, 0.3) is 0 Å². The van der Waals surface area contributed by atoms with E-state index >= 15 is 0 Å². The van der Waals surface area contributed by atoms with E-state index in [0.29, 0.717) is 22.6 Å². The lowest BCUT2D eigenvalue weighted by Gasteiger charge is -2.01. The zero-order chi connectivity index (χ0) is 16.2. The third kappa shape index (κ3) is 3.10. The number of para-hydroxylation sites is 1. The molecule has 1 aliphatic heterocycles. The Labute approximate surface area is 130 Å². The first kappa shape index (κ1) is 14.5. The third-order valence-electron chi connectivity index (χ3n) is 3.14. The van der Waals surface area contributed by atoms with Crippen LogP contribution in [0.4, 0.5) is 5.69 Å². The van der Waals surface area contributed by atoms with E-state index in [4.69, 9.17) is 9.47 Å². The second-order valence-electron chi connectivity index (χ2n) is 4.58. The number of nitrogens with zero attached hydrogens (tertiary/aromatic N) is 2. The van der Waals surface area contributed by atoms with Gasteiger partial charge in [-0.05, 0) is 24.3 Å². The smallest absolute Gasteiger partial charge is 0.278 e. The van der Waals surface area contributed by atoms with Gasteiger partial charge in [0.1, 0.15) is 0 Å². The number of fused-ring (bicyclic) bond motifs is 1. The van der Waals surface area contributed by atoms with Gasteiger partial charge in [-0.2, -0.15) is 5.10 Å². The van der Waals surface area contributed by atoms with Crippen LogP contribution in [0.5, 0.6) is 11.5 Å². The van der Waals surface area contributed by atoms with Crippen molar-refractivity contribution < 1.29 is 19.2 Å². The summed E-state index contributed by atoms with van der Waals surface area (Å²) in [5, 5.41) is 14.6. The summed E-state index contributed by atoms with van der Waals surface area (Å²) in [5.74, 6) is 0.600. The van der Waals surface area contributed by atoms with Gasteiger partial charge in [0.05, 0.1) is 16.7 Å². The van der Waals surface area contributed by atoms with E-state index in [0.717, 1.165) is 0 Å². The van der Waals surface area contributed by atoms with E-state index in [-0.39, 0.29) is 12.5 Å². The van der Waals surface area contributed by atoms with Crippen molar-refractivity contribution in [1.82, 2.24) is 5.43 Å². The summed E-state index contributed by atoms with van der Waals surface area (Å²) >= 11 is 0. The van der Waals surface area contributed by atoms with Crippen LogP contribution >= 0.6 is 0 Å². The van der Waals surface area contributed by atoms with Gasteiger partial charge in [0.2, 0.25) is 6.79 Å². The van der Waals surface area contributed by atoms with Crippen molar-refractivity contribution in [3.05, 3.63) is 63.7 Å². The molecule has 1 heterocycles. The molecule has 0 bridgehead atoms. The highest BCUT2D eigenvalue weighted by molar-refractivity contribution is 5.95. The van der Waals surface area contributed by atoms with Gasteiger partial charge in [-0.1, -0.05) is 12.1 Å². The quantitative estimate of drug-likeness (QED) is 0.529. The first-order chi connectivity index (χ1) is 11.1.